The zero-order chi connectivity index (χ0) is 16.9. The van der Waals surface area contributed by atoms with E-state index in [4.69, 9.17) is 4.74 Å². The van der Waals surface area contributed by atoms with Crippen LogP contribution in [0, 0.1) is 5.92 Å². The number of hydrogen-bond donors (Lipinski definition) is 1. The number of ether oxygens (including phenoxy) is 1. The van der Waals surface area contributed by atoms with Gasteiger partial charge in [-0.15, -0.1) is 0 Å². The van der Waals surface area contributed by atoms with Crippen molar-refractivity contribution in [2.45, 2.75) is 6.42 Å². The fourth-order valence-corrected chi connectivity index (χ4v) is 3.25. The zero-order valence-electron chi connectivity index (χ0n) is 13.5. The lowest BCUT2D eigenvalue weighted by Gasteiger charge is -2.16. The number of halogens is 1. The fraction of sp³-hybridized carbons (Fsp3) is 0.333. The summed E-state index contributed by atoms with van der Waals surface area (Å²) in [5.41, 5.74) is 0.599. The highest BCUT2D eigenvalue weighted by atomic mass is 79.9. The standard InChI is InChI=1S/C18H20BrN3O2/c1-20-10-13-7-8-22(12-13)18(23)14-5-6-17(21-11-14)24-16-4-2-3-15(19)9-16/h2-6,9,11,13,20H,7-8,10,12H2,1H3/t13-/m1/s1. The van der Waals surface area contributed by atoms with Crippen LogP contribution in [0.2, 0.25) is 0 Å². The largest absolute Gasteiger partial charge is 0.439 e. The lowest BCUT2D eigenvalue weighted by atomic mass is 10.1. The molecule has 1 amide bonds. The minimum atomic E-state index is 0.0371. The number of hydrogen-bond acceptors (Lipinski definition) is 4. The Morgan fingerprint density at radius 3 is 3.00 bits per heavy atom. The number of carbonyl (C=O) groups excluding carboxylic acids is 1. The first-order valence-electron chi connectivity index (χ1n) is 7.99. The van der Waals surface area contributed by atoms with Crippen LogP contribution in [0.4, 0.5) is 0 Å². The number of rotatable bonds is 5. The fourth-order valence-electron chi connectivity index (χ4n) is 2.87. The van der Waals surface area contributed by atoms with Gasteiger partial charge in [0.2, 0.25) is 5.88 Å². The Morgan fingerprint density at radius 2 is 2.29 bits per heavy atom. The molecule has 1 aliphatic heterocycles. The number of aromatic nitrogens is 1. The smallest absolute Gasteiger partial charge is 0.255 e. The Morgan fingerprint density at radius 1 is 1.42 bits per heavy atom. The van der Waals surface area contributed by atoms with Crippen molar-refractivity contribution in [3.05, 3.63) is 52.6 Å². The van der Waals surface area contributed by atoms with Crippen molar-refractivity contribution in [1.29, 1.82) is 0 Å². The molecular weight excluding hydrogens is 370 g/mol. The lowest BCUT2D eigenvalue weighted by Crippen LogP contribution is -2.30. The predicted molar refractivity (Wildman–Crippen MR) is 96.4 cm³/mol. The van der Waals surface area contributed by atoms with Crippen LogP contribution in [0.3, 0.4) is 0 Å². The third kappa shape index (κ3) is 4.13. The van der Waals surface area contributed by atoms with Crippen LogP contribution in [0.1, 0.15) is 16.8 Å². The number of nitrogens with zero attached hydrogens (tertiary/aromatic N) is 2. The molecule has 1 fully saturated rings. The van der Waals surface area contributed by atoms with Gasteiger partial charge in [0.05, 0.1) is 5.56 Å². The van der Waals surface area contributed by atoms with Crippen molar-refractivity contribution in [3.8, 4) is 11.6 Å². The first-order valence-corrected chi connectivity index (χ1v) is 8.78. The van der Waals surface area contributed by atoms with Gasteiger partial charge in [0.1, 0.15) is 5.75 Å². The molecule has 1 aromatic heterocycles. The maximum absolute atomic E-state index is 12.5. The number of nitrogens with one attached hydrogen (secondary N) is 1. The topological polar surface area (TPSA) is 54.5 Å². The molecule has 126 valence electrons. The van der Waals surface area contributed by atoms with E-state index in [1.54, 1.807) is 18.3 Å². The third-order valence-corrected chi connectivity index (χ3v) is 4.56. The number of carbonyl (C=O) groups is 1. The van der Waals surface area contributed by atoms with E-state index in [2.05, 4.69) is 26.2 Å². The molecule has 0 unspecified atom stereocenters. The van der Waals surface area contributed by atoms with Crippen LogP contribution in [0.5, 0.6) is 11.6 Å². The van der Waals surface area contributed by atoms with E-state index < -0.39 is 0 Å². The van der Waals surface area contributed by atoms with Crippen LogP contribution >= 0.6 is 15.9 Å². The molecule has 1 saturated heterocycles. The lowest BCUT2D eigenvalue weighted by molar-refractivity contribution is 0.0786. The normalized spacial score (nSPS) is 17.1. The van der Waals surface area contributed by atoms with Gasteiger partial charge in [0.25, 0.3) is 5.91 Å². The molecule has 6 heteroatoms. The maximum Gasteiger partial charge on any atom is 0.255 e. The minimum Gasteiger partial charge on any atom is -0.439 e. The Hall–Kier alpha value is -1.92. The summed E-state index contributed by atoms with van der Waals surface area (Å²) in [5.74, 6) is 1.74. The van der Waals surface area contributed by atoms with Crippen LogP contribution < -0.4 is 10.1 Å². The van der Waals surface area contributed by atoms with Crippen LogP contribution in [0.15, 0.2) is 47.1 Å². The number of benzene rings is 1. The van der Waals surface area contributed by atoms with Crippen LogP contribution in [-0.4, -0.2) is 42.5 Å². The van der Waals surface area contributed by atoms with E-state index in [9.17, 15) is 4.79 Å². The minimum absolute atomic E-state index is 0.0371. The van der Waals surface area contributed by atoms with E-state index in [0.29, 0.717) is 23.1 Å². The van der Waals surface area contributed by atoms with Gasteiger partial charge in [-0.1, -0.05) is 22.0 Å². The van der Waals surface area contributed by atoms with Gasteiger partial charge < -0.3 is 15.0 Å². The molecule has 1 N–H and O–H groups in total. The highest BCUT2D eigenvalue weighted by molar-refractivity contribution is 9.10. The van der Waals surface area contributed by atoms with Gasteiger partial charge in [-0.25, -0.2) is 4.98 Å². The summed E-state index contributed by atoms with van der Waals surface area (Å²) in [7, 11) is 1.94. The maximum atomic E-state index is 12.5. The molecule has 2 aromatic rings. The van der Waals surface area contributed by atoms with Crippen molar-refractivity contribution in [2.75, 3.05) is 26.7 Å². The molecule has 5 nitrogen and oxygen atoms in total. The molecule has 0 saturated carbocycles. The molecule has 2 heterocycles. The van der Waals surface area contributed by atoms with Gasteiger partial charge >= 0.3 is 0 Å². The average molecular weight is 390 g/mol. The molecular formula is C18H20BrN3O2. The molecule has 0 bridgehead atoms. The first-order chi connectivity index (χ1) is 11.7. The monoisotopic (exact) mass is 389 g/mol. The van der Waals surface area contributed by atoms with Gasteiger partial charge in [-0.2, -0.15) is 0 Å². The molecule has 1 aliphatic rings. The number of amides is 1. The third-order valence-electron chi connectivity index (χ3n) is 4.07. The van der Waals surface area contributed by atoms with Gasteiger partial charge in [-0.05, 0) is 50.2 Å². The van der Waals surface area contributed by atoms with Crippen molar-refractivity contribution < 1.29 is 9.53 Å². The predicted octanol–water partition coefficient (Wildman–Crippen LogP) is 3.32. The van der Waals surface area contributed by atoms with E-state index in [1.165, 1.54) is 0 Å². The summed E-state index contributed by atoms with van der Waals surface area (Å²) in [6, 6.07) is 11.1. The zero-order valence-corrected chi connectivity index (χ0v) is 15.1. The van der Waals surface area contributed by atoms with Gasteiger partial charge in [0.15, 0.2) is 0 Å². The van der Waals surface area contributed by atoms with E-state index in [0.717, 1.165) is 30.5 Å². The molecule has 0 aliphatic carbocycles. The van der Waals surface area contributed by atoms with Crippen LogP contribution in [-0.2, 0) is 0 Å². The van der Waals surface area contributed by atoms with Gasteiger partial charge in [0, 0.05) is 29.8 Å². The van der Waals surface area contributed by atoms with Crippen molar-refractivity contribution in [1.82, 2.24) is 15.2 Å². The van der Waals surface area contributed by atoms with Gasteiger partial charge in [-0.3, -0.25) is 4.79 Å². The van der Waals surface area contributed by atoms with E-state index in [1.807, 2.05) is 36.2 Å². The quantitative estimate of drug-likeness (QED) is 0.851. The second kappa shape index (κ2) is 7.77. The molecule has 0 spiro atoms. The summed E-state index contributed by atoms with van der Waals surface area (Å²) in [4.78, 5) is 18.7. The Balaban J connectivity index is 1.63. The number of pyridine rings is 1. The highest BCUT2D eigenvalue weighted by Crippen LogP contribution is 2.24. The molecule has 24 heavy (non-hydrogen) atoms. The first kappa shape index (κ1) is 16.9. The Bertz CT molecular complexity index is 706. The summed E-state index contributed by atoms with van der Waals surface area (Å²) in [5, 5.41) is 3.17. The molecule has 1 aromatic carbocycles. The summed E-state index contributed by atoms with van der Waals surface area (Å²) < 4.78 is 6.64. The highest BCUT2D eigenvalue weighted by Gasteiger charge is 2.26. The molecule has 0 radical (unpaired) electrons. The van der Waals surface area contributed by atoms with Crippen molar-refractivity contribution in [3.63, 3.8) is 0 Å². The Labute approximate surface area is 150 Å². The SMILES string of the molecule is CNC[C@H]1CCN(C(=O)c2ccc(Oc3cccc(Br)c3)nc2)C1. The van der Waals surface area contributed by atoms with E-state index in [-0.39, 0.29) is 5.91 Å². The summed E-state index contributed by atoms with van der Waals surface area (Å²) in [6.07, 6.45) is 2.63. The summed E-state index contributed by atoms with van der Waals surface area (Å²) in [6.45, 7) is 2.55. The average Bonchev–Trinajstić information content (AvgIpc) is 3.04. The molecule has 1 atom stereocenters. The second-order valence-corrected chi connectivity index (χ2v) is 6.82. The van der Waals surface area contributed by atoms with Crippen LogP contribution in [0.25, 0.3) is 0 Å². The Kier molecular flexibility index (Phi) is 5.48. The van der Waals surface area contributed by atoms with Crippen molar-refractivity contribution >= 4 is 21.8 Å². The molecule has 3 rings (SSSR count). The second-order valence-electron chi connectivity index (χ2n) is 5.91. The van der Waals surface area contributed by atoms with Crippen molar-refractivity contribution in [2.24, 2.45) is 5.92 Å². The number of likely N-dealkylation sites (tertiary alicyclic amines) is 1. The summed E-state index contributed by atoms with van der Waals surface area (Å²) >= 11 is 3.40. The van der Waals surface area contributed by atoms with E-state index >= 15 is 0 Å².